The molecule has 5 nitrogen and oxygen atoms in total. The topological polar surface area (TPSA) is 48.5 Å². The second-order valence-corrected chi connectivity index (χ2v) is 9.05. The van der Waals surface area contributed by atoms with Crippen molar-refractivity contribution in [2.45, 2.75) is 6.42 Å². The van der Waals surface area contributed by atoms with E-state index in [1.54, 1.807) is 17.6 Å². The number of nitrogens with zero attached hydrogens (tertiary/aromatic N) is 3. The van der Waals surface area contributed by atoms with E-state index < -0.39 is 5.82 Å². The SMILES string of the molecule is O=C(Nc1ccc(CCN2CCN(c3nsc4ccccc34)CC2)cc1)c1cccc(F)c1. The minimum Gasteiger partial charge on any atom is -0.353 e. The molecule has 0 spiro atoms. The van der Waals surface area contributed by atoms with Crippen molar-refractivity contribution in [2.75, 3.05) is 42.9 Å². The van der Waals surface area contributed by atoms with Crippen molar-refractivity contribution in [1.29, 1.82) is 0 Å². The number of hydrogen-bond donors (Lipinski definition) is 1. The molecule has 7 heteroatoms. The lowest BCUT2D eigenvalue weighted by Crippen LogP contribution is -2.47. The van der Waals surface area contributed by atoms with Gasteiger partial charge in [-0.25, -0.2) is 4.39 Å². The summed E-state index contributed by atoms with van der Waals surface area (Å²) >= 11 is 1.57. The first-order valence-electron chi connectivity index (χ1n) is 11.1. The van der Waals surface area contributed by atoms with Gasteiger partial charge in [0.05, 0.1) is 4.70 Å². The van der Waals surface area contributed by atoms with E-state index in [9.17, 15) is 9.18 Å². The zero-order valence-corrected chi connectivity index (χ0v) is 19.0. The van der Waals surface area contributed by atoms with Crippen LogP contribution in [0.1, 0.15) is 15.9 Å². The third-order valence-corrected chi connectivity index (χ3v) is 6.86. The molecule has 1 saturated heterocycles. The largest absolute Gasteiger partial charge is 0.353 e. The maximum atomic E-state index is 13.3. The zero-order chi connectivity index (χ0) is 22.6. The first-order valence-corrected chi connectivity index (χ1v) is 11.9. The maximum absolute atomic E-state index is 13.3. The highest BCUT2D eigenvalue weighted by atomic mass is 32.1. The van der Waals surface area contributed by atoms with Gasteiger partial charge in [-0.15, -0.1) is 0 Å². The second kappa shape index (κ2) is 9.68. The molecule has 33 heavy (non-hydrogen) atoms. The Kier molecular flexibility index (Phi) is 6.32. The minimum atomic E-state index is -0.418. The number of halogens is 1. The number of carbonyl (C=O) groups is 1. The second-order valence-electron chi connectivity index (χ2n) is 8.24. The summed E-state index contributed by atoms with van der Waals surface area (Å²) in [7, 11) is 0. The average molecular weight is 461 g/mol. The molecule has 1 fully saturated rings. The number of aromatic nitrogens is 1. The predicted octanol–water partition coefficient (Wildman–Crippen LogP) is 5.05. The lowest BCUT2D eigenvalue weighted by Gasteiger charge is -2.35. The molecule has 168 valence electrons. The third-order valence-electron chi connectivity index (χ3n) is 6.05. The predicted molar refractivity (Wildman–Crippen MR) is 133 cm³/mol. The van der Waals surface area contributed by atoms with Gasteiger partial charge in [0.2, 0.25) is 0 Å². The van der Waals surface area contributed by atoms with Crippen LogP contribution in [0.3, 0.4) is 0 Å². The summed E-state index contributed by atoms with van der Waals surface area (Å²) in [5.74, 6) is 0.387. The first-order chi connectivity index (χ1) is 16.2. The molecule has 0 unspecified atom stereocenters. The Hall–Kier alpha value is -3.29. The smallest absolute Gasteiger partial charge is 0.255 e. The van der Waals surface area contributed by atoms with Crippen LogP contribution in [0.5, 0.6) is 0 Å². The van der Waals surface area contributed by atoms with Gasteiger partial charge in [0, 0.05) is 49.4 Å². The van der Waals surface area contributed by atoms with Gasteiger partial charge in [0.15, 0.2) is 0 Å². The molecular weight excluding hydrogens is 435 g/mol. The van der Waals surface area contributed by atoms with Gasteiger partial charge in [-0.3, -0.25) is 9.69 Å². The summed E-state index contributed by atoms with van der Waals surface area (Å²) in [5.41, 5.74) is 2.24. The van der Waals surface area contributed by atoms with Gasteiger partial charge in [-0.2, -0.15) is 4.37 Å². The molecule has 0 aliphatic carbocycles. The van der Waals surface area contributed by atoms with Gasteiger partial charge in [-0.1, -0.05) is 30.3 Å². The molecule has 1 amide bonds. The van der Waals surface area contributed by atoms with E-state index in [-0.39, 0.29) is 5.91 Å². The van der Waals surface area contributed by atoms with Gasteiger partial charge < -0.3 is 10.2 Å². The molecule has 3 aromatic carbocycles. The number of piperazine rings is 1. The number of benzene rings is 3. The standard InChI is InChI=1S/C26H25FN4OS/c27-21-5-3-4-20(18-21)26(32)28-22-10-8-19(9-11-22)12-13-30-14-16-31(17-15-30)25-23-6-1-2-7-24(23)33-29-25/h1-11,18H,12-17H2,(H,28,32). The van der Waals surface area contributed by atoms with Crippen LogP contribution in [0.25, 0.3) is 10.1 Å². The van der Waals surface area contributed by atoms with E-state index in [1.807, 2.05) is 24.3 Å². The highest BCUT2D eigenvalue weighted by Gasteiger charge is 2.20. The molecule has 0 radical (unpaired) electrons. The normalized spacial score (nSPS) is 14.5. The number of fused-ring (bicyclic) bond motifs is 1. The molecule has 1 aliphatic rings. The number of anilines is 2. The fourth-order valence-corrected chi connectivity index (χ4v) is 4.95. The van der Waals surface area contributed by atoms with Crippen molar-refractivity contribution in [3.05, 3.63) is 89.7 Å². The minimum absolute atomic E-state index is 0.309. The summed E-state index contributed by atoms with van der Waals surface area (Å²) < 4.78 is 19.3. The maximum Gasteiger partial charge on any atom is 0.255 e. The molecule has 0 bridgehead atoms. The first kappa shape index (κ1) is 21.6. The third kappa shape index (κ3) is 5.05. The highest BCUT2D eigenvalue weighted by Crippen LogP contribution is 2.29. The summed E-state index contributed by atoms with van der Waals surface area (Å²) in [6.45, 7) is 5.01. The Labute approximate surface area is 196 Å². The lowest BCUT2D eigenvalue weighted by atomic mass is 10.1. The molecule has 1 aliphatic heterocycles. The van der Waals surface area contributed by atoms with Crippen LogP contribution in [0.2, 0.25) is 0 Å². The van der Waals surface area contributed by atoms with Crippen LogP contribution >= 0.6 is 11.5 Å². The van der Waals surface area contributed by atoms with Gasteiger partial charge in [-0.05, 0) is 66.0 Å². The molecule has 1 N–H and O–H groups in total. The number of nitrogens with one attached hydrogen (secondary N) is 1. The zero-order valence-electron chi connectivity index (χ0n) is 18.2. The van der Waals surface area contributed by atoms with Gasteiger partial charge in [0.25, 0.3) is 5.91 Å². The summed E-state index contributed by atoms with van der Waals surface area (Å²) in [4.78, 5) is 17.2. The Balaban J connectivity index is 1.11. The van der Waals surface area contributed by atoms with E-state index in [2.05, 4.69) is 39.4 Å². The van der Waals surface area contributed by atoms with Crippen molar-refractivity contribution in [3.8, 4) is 0 Å². The van der Waals surface area contributed by atoms with Crippen molar-refractivity contribution in [1.82, 2.24) is 9.27 Å². The van der Waals surface area contributed by atoms with Crippen LogP contribution in [0.15, 0.2) is 72.8 Å². The van der Waals surface area contributed by atoms with Crippen LogP contribution in [0.4, 0.5) is 15.9 Å². The van der Waals surface area contributed by atoms with E-state index in [0.29, 0.717) is 11.3 Å². The fourth-order valence-electron chi connectivity index (χ4n) is 4.16. The molecule has 2 heterocycles. The molecular formula is C26H25FN4OS. The molecule has 0 atom stereocenters. The highest BCUT2D eigenvalue weighted by molar-refractivity contribution is 7.13. The van der Waals surface area contributed by atoms with Crippen LogP contribution in [-0.4, -0.2) is 47.9 Å². The summed E-state index contributed by atoms with van der Waals surface area (Å²) in [6.07, 6.45) is 0.956. The number of amides is 1. The van der Waals surface area contributed by atoms with E-state index >= 15 is 0 Å². The molecule has 4 aromatic rings. The summed E-state index contributed by atoms with van der Waals surface area (Å²) in [6, 6.07) is 22.0. The van der Waals surface area contributed by atoms with Gasteiger partial charge in [0.1, 0.15) is 11.6 Å². The molecule has 0 saturated carbocycles. The Bertz CT molecular complexity index is 1250. The quantitative estimate of drug-likeness (QED) is 0.437. The molecule has 5 rings (SSSR count). The number of rotatable bonds is 6. The van der Waals surface area contributed by atoms with Crippen molar-refractivity contribution >= 4 is 39.0 Å². The van der Waals surface area contributed by atoms with E-state index in [4.69, 9.17) is 4.37 Å². The molecule has 1 aromatic heterocycles. The average Bonchev–Trinajstić information content (AvgIpc) is 3.28. The van der Waals surface area contributed by atoms with Crippen molar-refractivity contribution in [2.24, 2.45) is 0 Å². The Morgan fingerprint density at radius 3 is 2.55 bits per heavy atom. The van der Waals surface area contributed by atoms with Crippen molar-refractivity contribution < 1.29 is 9.18 Å². The number of hydrogen-bond acceptors (Lipinski definition) is 5. The lowest BCUT2D eigenvalue weighted by molar-refractivity contribution is 0.102. The fraction of sp³-hybridized carbons (Fsp3) is 0.231. The van der Waals surface area contributed by atoms with Crippen molar-refractivity contribution in [3.63, 3.8) is 0 Å². The van der Waals surface area contributed by atoms with Gasteiger partial charge >= 0.3 is 0 Å². The van der Waals surface area contributed by atoms with E-state index in [0.717, 1.165) is 45.0 Å². The van der Waals surface area contributed by atoms with Crippen LogP contribution in [0, 0.1) is 5.82 Å². The Morgan fingerprint density at radius 1 is 0.970 bits per heavy atom. The van der Waals surface area contributed by atoms with Crippen LogP contribution in [-0.2, 0) is 6.42 Å². The van der Waals surface area contributed by atoms with E-state index in [1.165, 1.54) is 33.8 Å². The summed E-state index contributed by atoms with van der Waals surface area (Å²) in [5, 5.41) is 4.07. The Morgan fingerprint density at radius 2 is 1.76 bits per heavy atom. The monoisotopic (exact) mass is 460 g/mol. The van der Waals surface area contributed by atoms with Crippen LogP contribution < -0.4 is 10.2 Å². The number of carbonyl (C=O) groups excluding carboxylic acids is 1.